The van der Waals surface area contributed by atoms with Gasteiger partial charge in [-0.2, -0.15) is 0 Å². The lowest BCUT2D eigenvalue weighted by Gasteiger charge is -2.09. The first-order valence-corrected chi connectivity index (χ1v) is 4.74. The molecule has 2 aliphatic rings. The topological polar surface area (TPSA) is 20.2 Å². The molecule has 0 fully saturated rings. The van der Waals surface area contributed by atoms with Crippen molar-refractivity contribution in [2.24, 2.45) is 0 Å². The maximum Gasteiger partial charge on any atom is 0.0746 e. The minimum atomic E-state index is -0.197. The molecule has 0 radical (unpaired) electrons. The number of rotatable bonds is 0. The Hall–Kier alpha value is -1.08. The Kier molecular flexibility index (Phi) is 1.26. The highest BCUT2D eigenvalue weighted by atomic mass is 16.3. The van der Waals surface area contributed by atoms with E-state index in [1.54, 1.807) is 0 Å². The molecule has 13 heavy (non-hydrogen) atoms. The number of hydrogen-bond donors (Lipinski definition) is 1. The maximum absolute atomic E-state index is 9.88. The predicted molar refractivity (Wildman–Crippen MR) is 51.8 cm³/mol. The first-order valence-electron chi connectivity index (χ1n) is 4.74. The Balaban J connectivity index is 2.22. The fourth-order valence-electron chi connectivity index (χ4n) is 2.55. The van der Waals surface area contributed by atoms with Gasteiger partial charge in [0, 0.05) is 11.8 Å². The van der Waals surface area contributed by atoms with E-state index in [1.807, 2.05) is 0 Å². The van der Waals surface area contributed by atoms with E-state index in [4.69, 9.17) is 0 Å². The fraction of sp³-hybridized carbons (Fsp3) is 0.333. The van der Waals surface area contributed by atoms with Gasteiger partial charge in [0.05, 0.1) is 6.10 Å². The first kappa shape index (κ1) is 7.34. The number of hydrogen-bond acceptors (Lipinski definition) is 1. The van der Waals surface area contributed by atoms with Gasteiger partial charge < -0.3 is 5.11 Å². The number of aliphatic hydroxyl groups is 1. The van der Waals surface area contributed by atoms with Crippen LogP contribution in [0.1, 0.15) is 28.5 Å². The summed E-state index contributed by atoms with van der Waals surface area (Å²) >= 11 is 0. The van der Waals surface area contributed by atoms with Crippen molar-refractivity contribution in [3.8, 4) is 0 Å². The third kappa shape index (κ3) is 0.802. The molecule has 0 amide bonds. The number of aryl methyl sites for hydroxylation is 1. The van der Waals surface area contributed by atoms with Gasteiger partial charge in [0.15, 0.2) is 0 Å². The average molecular weight is 172 g/mol. The van der Waals surface area contributed by atoms with Gasteiger partial charge in [-0.15, -0.1) is 0 Å². The predicted octanol–water partition coefficient (Wildman–Crippen LogP) is 2.11. The summed E-state index contributed by atoms with van der Waals surface area (Å²) in [5, 5.41) is 9.88. The zero-order valence-electron chi connectivity index (χ0n) is 7.57. The Morgan fingerprint density at radius 3 is 2.54 bits per heavy atom. The molecule has 0 aromatic heterocycles. The van der Waals surface area contributed by atoms with Crippen LogP contribution in [0.5, 0.6) is 0 Å². The molecule has 1 aromatic rings. The molecule has 1 heteroatoms. The highest BCUT2D eigenvalue weighted by molar-refractivity contribution is 5.51. The Bertz CT molecular complexity index is 392. The molecule has 3 atom stereocenters. The molecule has 0 aliphatic heterocycles. The van der Waals surface area contributed by atoms with Crippen molar-refractivity contribution in [2.75, 3.05) is 0 Å². The van der Waals surface area contributed by atoms with E-state index in [2.05, 4.69) is 37.3 Å². The number of benzene rings is 1. The molecule has 1 N–H and O–H groups in total. The van der Waals surface area contributed by atoms with Crippen LogP contribution in [0, 0.1) is 6.92 Å². The van der Waals surface area contributed by atoms with Crippen molar-refractivity contribution in [3.63, 3.8) is 0 Å². The van der Waals surface area contributed by atoms with Gasteiger partial charge in [0.1, 0.15) is 0 Å². The van der Waals surface area contributed by atoms with Gasteiger partial charge >= 0.3 is 0 Å². The minimum absolute atomic E-state index is 0.197. The smallest absolute Gasteiger partial charge is 0.0746 e. The summed E-state index contributed by atoms with van der Waals surface area (Å²) in [5.41, 5.74) is 3.94. The minimum Gasteiger partial charge on any atom is -0.391 e. The third-order valence-electron chi connectivity index (χ3n) is 3.22. The first-order chi connectivity index (χ1) is 6.27. The van der Waals surface area contributed by atoms with Crippen molar-refractivity contribution >= 4 is 0 Å². The Morgan fingerprint density at radius 1 is 1.08 bits per heavy atom. The Morgan fingerprint density at radius 2 is 1.77 bits per heavy atom. The largest absolute Gasteiger partial charge is 0.391 e. The van der Waals surface area contributed by atoms with E-state index in [-0.39, 0.29) is 17.9 Å². The molecule has 66 valence electrons. The highest BCUT2D eigenvalue weighted by Gasteiger charge is 2.40. The molecule has 0 heterocycles. The van der Waals surface area contributed by atoms with Gasteiger partial charge in [-0.1, -0.05) is 35.9 Å². The normalized spacial score (nSPS) is 33.8. The van der Waals surface area contributed by atoms with Crippen LogP contribution in [0.15, 0.2) is 30.4 Å². The second-order valence-corrected chi connectivity index (χ2v) is 4.06. The van der Waals surface area contributed by atoms with Crippen LogP contribution >= 0.6 is 0 Å². The molecule has 1 nitrogen and oxygen atoms in total. The number of aliphatic hydroxyl groups excluding tert-OH is 1. The third-order valence-corrected chi connectivity index (χ3v) is 3.22. The molecular weight excluding hydrogens is 160 g/mol. The van der Waals surface area contributed by atoms with Crippen molar-refractivity contribution in [1.29, 1.82) is 0 Å². The SMILES string of the molecule is Cc1ccc2c(c1)C1C=CC2C1O. The molecule has 0 saturated heterocycles. The standard InChI is InChI=1S/C12H12O/c1-7-2-3-8-9-4-5-10(12(9)13)11(8)6-7/h2-6,9-10,12-13H,1H3. The van der Waals surface area contributed by atoms with Crippen LogP contribution in [0.3, 0.4) is 0 Å². The lowest BCUT2D eigenvalue weighted by Crippen LogP contribution is -2.09. The van der Waals surface area contributed by atoms with Crippen molar-refractivity contribution in [1.82, 2.24) is 0 Å². The summed E-state index contributed by atoms with van der Waals surface area (Å²) in [6, 6.07) is 6.48. The summed E-state index contributed by atoms with van der Waals surface area (Å²) in [4.78, 5) is 0. The zero-order chi connectivity index (χ0) is 9.00. The molecule has 2 aliphatic carbocycles. The molecule has 3 unspecified atom stereocenters. The van der Waals surface area contributed by atoms with E-state index >= 15 is 0 Å². The molecule has 0 spiro atoms. The molecular formula is C12H12O. The fourth-order valence-corrected chi connectivity index (χ4v) is 2.55. The average Bonchev–Trinajstić information content (AvgIpc) is 2.59. The van der Waals surface area contributed by atoms with E-state index in [1.165, 1.54) is 16.7 Å². The van der Waals surface area contributed by atoms with Gasteiger partial charge in [-0.3, -0.25) is 0 Å². The molecule has 1 aromatic carbocycles. The molecule has 2 bridgehead atoms. The van der Waals surface area contributed by atoms with E-state index < -0.39 is 0 Å². The van der Waals surface area contributed by atoms with Gasteiger partial charge in [-0.05, 0) is 18.1 Å². The zero-order valence-corrected chi connectivity index (χ0v) is 7.57. The van der Waals surface area contributed by atoms with Crippen LogP contribution in [0.25, 0.3) is 0 Å². The molecule has 3 rings (SSSR count). The monoisotopic (exact) mass is 172 g/mol. The lowest BCUT2D eigenvalue weighted by atomic mass is 9.95. The lowest BCUT2D eigenvalue weighted by molar-refractivity contribution is 0.167. The van der Waals surface area contributed by atoms with Crippen LogP contribution in [0.4, 0.5) is 0 Å². The Labute approximate surface area is 77.7 Å². The number of fused-ring (bicyclic) bond motifs is 5. The van der Waals surface area contributed by atoms with Crippen molar-refractivity contribution in [2.45, 2.75) is 24.9 Å². The maximum atomic E-state index is 9.88. The summed E-state index contributed by atoms with van der Waals surface area (Å²) in [7, 11) is 0. The second-order valence-electron chi connectivity index (χ2n) is 4.06. The van der Waals surface area contributed by atoms with Crippen LogP contribution in [0.2, 0.25) is 0 Å². The second kappa shape index (κ2) is 2.24. The summed E-state index contributed by atoms with van der Waals surface area (Å²) < 4.78 is 0. The molecule has 0 saturated carbocycles. The van der Waals surface area contributed by atoms with E-state index in [0.717, 1.165) is 0 Å². The van der Waals surface area contributed by atoms with Gasteiger partial charge in [0.2, 0.25) is 0 Å². The van der Waals surface area contributed by atoms with Gasteiger partial charge in [-0.25, -0.2) is 0 Å². The quantitative estimate of drug-likeness (QED) is 0.594. The van der Waals surface area contributed by atoms with Crippen LogP contribution in [-0.4, -0.2) is 11.2 Å². The summed E-state index contributed by atoms with van der Waals surface area (Å²) in [6.07, 6.45) is 4.07. The highest BCUT2D eigenvalue weighted by Crippen LogP contribution is 2.48. The summed E-state index contributed by atoms with van der Waals surface area (Å²) in [6.45, 7) is 2.10. The van der Waals surface area contributed by atoms with Crippen molar-refractivity contribution < 1.29 is 5.11 Å². The van der Waals surface area contributed by atoms with Gasteiger partial charge in [0.25, 0.3) is 0 Å². The van der Waals surface area contributed by atoms with Crippen LogP contribution in [-0.2, 0) is 0 Å². The van der Waals surface area contributed by atoms with E-state index in [0.29, 0.717) is 0 Å². The van der Waals surface area contributed by atoms with E-state index in [9.17, 15) is 5.11 Å². The van der Waals surface area contributed by atoms with Crippen LogP contribution < -0.4 is 0 Å². The van der Waals surface area contributed by atoms with Crippen molar-refractivity contribution in [3.05, 3.63) is 47.0 Å². The summed E-state index contributed by atoms with van der Waals surface area (Å²) in [5.74, 6) is 0.528.